The number of fused-ring (bicyclic) bond motifs is 30. The van der Waals surface area contributed by atoms with Crippen LogP contribution in [0, 0.1) is 68.0 Å². The maximum atomic E-state index is 12.2. The average molecular weight is 1780 g/mol. The highest BCUT2D eigenvalue weighted by Gasteiger charge is 2.57. The van der Waals surface area contributed by atoms with Gasteiger partial charge in [-0.05, 0) is 426 Å². The minimum absolute atomic E-state index is 0. The third-order valence-electron chi connectivity index (χ3n) is 36.2. The summed E-state index contributed by atoms with van der Waals surface area (Å²) in [5.74, 6) is 10.5. The number of allylic oxidation sites excluding steroid dienone is 15. The van der Waals surface area contributed by atoms with E-state index in [9.17, 15) is 45.0 Å². The molecule has 6 N–H and O–H groups in total. The number of carbonyl (C=O) groups is 3. The Hall–Kier alpha value is -10.5. The first kappa shape index (κ1) is 97.0. The van der Waals surface area contributed by atoms with E-state index in [0.717, 1.165) is 119 Å². The summed E-state index contributed by atoms with van der Waals surface area (Å²) < 4.78 is 0. The van der Waals surface area contributed by atoms with Crippen LogP contribution in [-0.2, 0) is 40.1 Å². The SMILES string of the molecule is C.C/C=C1/CCC2C3=CCc4cc(O)ccc4C3CCC12C.C/C=C1/CCC2C3C=Cc4cc(O)ccc4C3CCC12C.C/C=C1/CCC2c3ccc4cc(O)ccc4c3CCC12C.C=CC.C=CC.C=CC.CC12CCC3C(=CCc4cc(O)ccc43)C1CCC2=O.CC12CCC3c4ccc(O)cc4C=CC3C1CCC2=O.CC12CCc3c(ccc4cc(O)ccc34)C1CCC2=O. The van der Waals surface area contributed by atoms with E-state index in [1.54, 1.807) is 64.3 Å². The molecule has 0 amide bonds. The van der Waals surface area contributed by atoms with Crippen molar-refractivity contribution in [2.75, 3.05) is 0 Å². The number of phenolic OH excluding ortho intramolecular Hbond substituents is 6. The number of phenols is 6. The quantitative estimate of drug-likeness (QED) is 0.0808. The Morgan fingerprint density at radius 3 is 1.13 bits per heavy atom. The largest absolute Gasteiger partial charge is 0.508 e. The third-order valence-corrected chi connectivity index (χ3v) is 36.2. The van der Waals surface area contributed by atoms with Crippen LogP contribution in [0.15, 0.2) is 242 Å². The highest BCUT2D eigenvalue weighted by Crippen LogP contribution is 2.67. The molecule has 0 bridgehead atoms. The fraction of sp³-hybridized carbons (Fsp3) is 0.460. The summed E-state index contributed by atoms with van der Waals surface area (Å²) in [7, 11) is 0. The van der Waals surface area contributed by atoms with Gasteiger partial charge in [-0.3, -0.25) is 14.4 Å². The van der Waals surface area contributed by atoms with Gasteiger partial charge >= 0.3 is 0 Å². The fourth-order valence-electron chi connectivity index (χ4n) is 29.4. The molecule has 0 aromatic heterocycles. The number of aryl methyl sites for hydroxylation is 2. The molecule has 8 aromatic carbocycles. The van der Waals surface area contributed by atoms with Gasteiger partial charge < -0.3 is 30.6 Å². The second-order valence-corrected chi connectivity index (χ2v) is 42.7. The molecule has 700 valence electrons. The Balaban J connectivity index is 0.000000119. The second-order valence-electron chi connectivity index (χ2n) is 42.7. The molecular formula is C124H150O9. The van der Waals surface area contributed by atoms with Gasteiger partial charge in [0.1, 0.15) is 51.8 Å². The van der Waals surface area contributed by atoms with Gasteiger partial charge in [0.2, 0.25) is 0 Å². The maximum Gasteiger partial charge on any atom is 0.139 e. The molecule has 0 saturated heterocycles. The maximum absolute atomic E-state index is 12.2. The van der Waals surface area contributed by atoms with Crippen molar-refractivity contribution in [1.29, 1.82) is 0 Å². The number of ketones is 3. The van der Waals surface area contributed by atoms with Gasteiger partial charge in [0.25, 0.3) is 0 Å². The lowest BCUT2D eigenvalue weighted by atomic mass is 9.56. The van der Waals surface area contributed by atoms with Gasteiger partial charge in [-0.25, -0.2) is 0 Å². The highest BCUT2D eigenvalue weighted by molar-refractivity contribution is 5.93. The lowest BCUT2D eigenvalue weighted by Gasteiger charge is -2.47. The zero-order valence-electron chi connectivity index (χ0n) is 81.0. The number of rotatable bonds is 0. The first-order valence-electron chi connectivity index (χ1n) is 50.3. The summed E-state index contributed by atoms with van der Waals surface area (Å²) in [6, 6.07) is 43.6. The summed E-state index contributed by atoms with van der Waals surface area (Å²) in [5.41, 5.74) is 25.6. The molecule has 24 rings (SSSR count). The van der Waals surface area contributed by atoms with Crippen molar-refractivity contribution < 1.29 is 45.0 Å². The van der Waals surface area contributed by atoms with Gasteiger partial charge in [-0.15, -0.1) is 19.7 Å². The van der Waals surface area contributed by atoms with Crippen LogP contribution in [0.4, 0.5) is 0 Å². The number of hydrogen-bond donors (Lipinski definition) is 6. The van der Waals surface area contributed by atoms with E-state index < -0.39 is 0 Å². The molecule has 0 heterocycles. The molecule has 9 heteroatoms. The van der Waals surface area contributed by atoms with E-state index >= 15 is 0 Å². The Morgan fingerprint density at radius 2 is 0.647 bits per heavy atom. The van der Waals surface area contributed by atoms with Crippen molar-refractivity contribution >= 4 is 51.0 Å². The van der Waals surface area contributed by atoms with Gasteiger partial charge in [0, 0.05) is 47.3 Å². The Kier molecular flexibility index (Phi) is 28.8. The predicted molar refractivity (Wildman–Crippen MR) is 551 cm³/mol. The van der Waals surface area contributed by atoms with E-state index in [-0.39, 0.29) is 23.7 Å². The molecule has 0 radical (unpaired) electrons. The van der Waals surface area contributed by atoms with Crippen LogP contribution in [-0.4, -0.2) is 48.0 Å². The minimum Gasteiger partial charge on any atom is -0.508 e. The molecule has 10 fully saturated rings. The summed E-state index contributed by atoms with van der Waals surface area (Å²) >= 11 is 0. The molecule has 0 aliphatic heterocycles. The van der Waals surface area contributed by atoms with Gasteiger partial charge in [-0.2, -0.15) is 0 Å². The highest BCUT2D eigenvalue weighted by atomic mass is 16.3. The molecule has 18 atom stereocenters. The molecule has 0 spiro atoms. The molecule has 133 heavy (non-hydrogen) atoms. The van der Waals surface area contributed by atoms with Crippen molar-refractivity contribution in [2.24, 2.45) is 68.0 Å². The topological polar surface area (TPSA) is 173 Å². The molecule has 16 aliphatic carbocycles. The monoisotopic (exact) mass is 1780 g/mol. The van der Waals surface area contributed by atoms with Gasteiger partial charge in [0.05, 0.1) is 0 Å². The van der Waals surface area contributed by atoms with Crippen molar-refractivity contribution in [3.63, 3.8) is 0 Å². The van der Waals surface area contributed by atoms with Crippen LogP contribution >= 0.6 is 0 Å². The first-order chi connectivity index (χ1) is 63.4. The van der Waals surface area contributed by atoms with Gasteiger partial charge in [0.15, 0.2) is 0 Å². The minimum atomic E-state index is -0.141. The van der Waals surface area contributed by atoms with Crippen LogP contribution < -0.4 is 0 Å². The normalized spacial score (nSPS) is 32.1. The number of hydrogen-bond acceptors (Lipinski definition) is 9. The number of carbonyl (C=O) groups excluding carboxylic acids is 3. The Morgan fingerprint density at radius 1 is 0.323 bits per heavy atom. The predicted octanol–water partition coefficient (Wildman–Crippen LogP) is 31.5. The molecule has 16 aliphatic rings. The van der Waals surface area contributed by atoms with E-state index in [2.05, 4.69) is 191 Å². The van der Waals surface area contributed by atoms with Crippen molar-refractivity contribution in [3.05, 3.63) is 309 Å². The first-order valence-corrected chi connectivity index (χ1v) is 50.3. The number of benzene rings is 8. The molecule has 9 nitrogen and oxygen atoms in total. The van der Waals surface area contributed by atoms with Crippen molar-refractivity contribution in [3.8, 4) is 34.5 Å². The molecule has 8 aromatic rings. The van der Waals surface area contributed by atoms with Crippen molar-refractivity contribution in [2.45, 2.75) is 293 Å². The number of aromatic hydroxyl groups is 6. The lowest BCUT2D eigenvalue weighted by Crippen LogP contribution is -2.40. The van der Waals surface area contributed by atoms with E-state index in [0.29, 0.717) is 127 Å². The second kappa shape index (κ2) is 39.4. The fourth-order valence-corrected chi connectivity index (χ4v) is 29.4. The summed E-state index contributed by atoms with van der Waals surface area (Å²) in [5, 5.41) is 62.8. The van der Waals surface area contributed by atoms with Crippen molar-refractivity contribution in [1.82, 2.24) is 0 Å². The lowest BCUT2D eigenvalue weighted by molar-refractivity contribution is -0.129. The molecule has 10 saturated carbocycles. The summed E-state index contributed by atoms with van der Waals surface area (Å²) in [6.07, 6.45) is 55.0. The van der Waals surface area contributed by atoms with Crippen LogP contribution in [0.1, 0.15) is 334 Å². The molecular weight excluding hydrogens is 1630 g/mol. The summed E-state index contributed by atoms with van der Waals surface area (Å²) in [6.45, 7) is 36.3. The van der Waals surface area contributed by atoms with Crippen LogP contribution in [0.3, 0.4) is 0 Å². The zero-order chi connectivity index (χ0) is 93.7. The average Bonchev–Trinajstić information content (AvgIpc) is 1.61. The van der Waals surface area contributed by atoms with Gasteiger partial charge in [-0.1, -0.05) is 210 Å². The van der Waals surface area contributed by atoms with Crippen LogP contribution in [0.2, 0.25) is 0 Å². The van der Waals surface area contributed by atoms with E-state index in [1.165, 1.54) is 148 Å². The zero-order valence-corrected chi connectivity index (χ0v) is 81.0. The Bertz CT molecular complexity index is 6010. The van der Waals surface area contributed by atoms with Crippen LogP contribution in [0.5, 0.6) is 34.5 Å². The van der Waals surface area contributed by atoms with E-state index in [1.807, 2.05) is 81.4 Å². The smallest absolute Gasteiger partial charge is 0.139 e. The summed E-state index contributed by atoms with van der Waals surface area (Å²) in [4.78, 5) is 36.7. The molecule has 18 unspecified atom stereocenters. The number of Topliss-reactive ketones (excluding diaryl/α,β-unsaturated/α-hetero) is 3. The standard InChI is InChI=1S/2C20H24O.C20H22O.2C18H20O2.C18H18O2.3C3H6.CH4/c3*1-3-14-5-9-19-18-7-4-13-12-15(21)6-8-16(13)17(18)10-11-20(14,19)2;3*1-18-9-8-14-13-5-3-12(19)10-11(13)2-4-15(14)16(18)6-7-17(18)20;3*1-3-2;/h3,6-8,12,17,19,21H,4-5,9-11H2,1-2H3;3-4,6-8,12,17-19,21H,5,9-11H2,1-2H3;3-4,6-8,12,19,21H,5,9-11H2,1-2H3;3-5,10,14,16,19H,2,6-9H2,1H3;2-5,10,14-16,19H,6-9H2,1H3;2-5,10,16,19H,6-9H2,1H3;3*3H,1H2,2H3;1H4/b3*14-3-;;;;;;;. The third kappa shape index (κ3) is 17.7. The Labute approximate surface area is 795 Å². The van der Waals surface area contributed by atoms with E-state index in [4.69, 9.17) is 0 Å². The van der Waals surface area contributed by atoms with Crippen LogP contribution in [0.25, 0.3) is 33.7 Å².